The highest BCUT2D eigenvalue weighted by atomic mass is 79.9. The Balaban J connectivity index is 0.000000184. The van der Waals surface area contributed by atoms with Gasteiger partial charge in [0.25, 0.3) is 23.6 Å². The van der Waals surface area contributed by atoms with Crippen LogP contribution in [-0.2, 0) is 88.7 Å². The molecule has 30 nitrogen and oxygen atoms in total. The van der Waals surface area contributed by atoms with Crippen molar-refractivity contribution in [3.63, 3.8) is 0 Å². The Bertz CT molecular complexity index is 5560. The third kappa shape index (κ3) is 24.8. The van der Waals surface area contributed by atoms with E-state index in [1.807, 2.05) is 91.6 Å². The Morgan fingerprint density at radius 1 is 0.546 bits per heavy atom. The van der Waals surface area contributed by atoms with Crippen LogP contribution in [-0.4, -0.2) is 212 Å². The molecule has 15 rings (SSSR count). The average molecular weight is 1840 g/mol. The number of hydrogen-bond acceptors (Lipinski definition) is 23. The Kier molecular flexibility index (Phi) is 33.8. The molecule has 6 aromatic heterocycles. The van der Waals surface area contributed by atoms with Crippen molar-refractivity contribution in [2.24, 2.45) is 0 Å². The fourth-order valence-electron chi connectivity index (χ4n) is 16.6. The van der Waals surface area contributed by atoms with Crippen molar-refractivity contribution in [3.05, 3.63) is 206 Å². The second-order valence-electron chi connectivity index (χ2n) is 35.4. The van der Waals surface area contributed by atoms with Crippen LogP contribution in [0.1, 0.15) is 210 Å². The summed E-state index contributed by atoms with van der Waals surface area (Å²) in [5, 5.41) is 33.9. The van der Waals surface area contributed by atoms with Crippen LogP contribution in [0.4, 0.5) is 16.2 Å². The van der Waals surface area contributed by atoms with Gasteiger partial charge in [0.1, 0.15) is 39.9 Å². The quantitative estimate of drug-likeness (QED) is 0.0224. The Morgan fingerprint density at radius 2 is 1.01 bits per heavy atom. The zero-order chi connectivity index (χ0) is 91.7. The Morgan fingerprint density at radius 3 is 1.47 bits per heavy atom. The predicted molar refractivity (Wildman–Crippen MR) is 512 cm³/mol. The fourth-order valence-corrected chi connectivity index (χ4v) is 17.2. The summed E-state index contributed by atoms with van der Waals surface area (Å²) in [7, 11) is 2.92. The van der Waals surface area contributed by atoms with Gasteiger partial charge in [0.2, 0.25) is 0 Å². The molecule has 0 radical (unpaired) electrons. The smallest absolute Gasteiger partial charge is 0.494 e. The third-order valence-electron chi connectivity index (χ3n) is 24.3. The second-order valence-corrected chi connectivity index (χ2v) is 36.3. The van der Waals surface area contributed by atoms with E-state index in [1.165, 1.54) is 11.1 Å². The van der Waals surface area contributed by atoms with Crippen molar-refractivity contribution in [1.82, 2.24) is 80.8 Å². The highest BCUT2D eigenvalue weighted by Gasteiger charge is 2.52. The number of amides is 5. The van der Waals surface area contributed by atoms with Gasteiger partial charge >= 0.3 is 13.2 Å². The van der Waals surface area contributed by atoms with Crippen LogP contribution in [0.15, 0.2) is 138 Å². The second kappa shape index (κ2) is 44.8. The molecule has 0 bridgehead atoms. The molecule has 10 aromatic rings. The Hall–Kier alpha value is -11.0. The minimum atomic E-state index is -0.470. The van der Waals surface area contributed by atoms with Gasteiger partial charge in [-0.15, -0.1) is 0 Å². The molecule has 4 aromatic carbocycles. The summed E-state index contributed by atoms with van der Waals surface area (Å²) in [5.74, 6) is -0.0328. The largest absolute Gasteiger partial charge is 0.496 e. The normalized spacial score (nSPS) is 17.2. The number of halogens is 1. The van der Waals surface area contributed by atoms with Crippen LogP contribution >= 0.6 is 15.9 Å². The number of rotatable bonds is 28. The van der Waals surface area contributed by atoms with Gasteiger partial charge in [0.05, 0.1) is 64.4 Å². The molecule has 32 heteroatoms. The summed E-state index contributed by atoms with van der Waals surface area (Å²) >= 11 is 3.46. The monoisotopic (exact) mass is 1840 g/mol. The molecular weight excluding hydrogens is 1710 g/mol. The lowest BCUT2D eigenvalue weighted by Crippen LogP contribution is -2.54. The lowest BCUT2D eigenvalue weighted by Gasteiger charge is -2.40. The summed E-state index contributed by atoms with van der Waals surface area (Å²) in [6.07, 6.45) is 8.42. The first-order valence-corrected chi connectivity index (χ1v) is 46.0. The molecule has 5 amide bonds. The van der Waals surface area contributed by atoms with E-state index in [0.717, 1.165) is 165 Å². The van der Waals surface area contributed by atoms with Crippen molar-refractivity contribution in [2.75, 3.05) is 90.5 Å². The number of carbonyl (C=O) groups excluding carboxylic acids is 5. The van der Waals surface area contributed by atoms with Crippen LogP contribution < -0.4 is 52.2 Å². The van der Waals surface area contributed by atoms with E-state index < -0.39 is 5.60 Å². The number of nitrogens with zero attached hydrogens (tertiary/aromatic N) is 11. The molecule has 2 atom stereocenters. The number of nitrogens with one attached hydrogen (secondary N) is 7. The summed E-state index contributed by atoms with van der Waals surface area (Å²) in [4.78, 5) is 91.0. The van der Waals surface area contributed by atoms with Crippen molar-refractivity contribution in [2.45, 2.75) is 229 Å². The molecule has 0 saturated carbocycles. The van der Waals surface area contributed by atoms with E-state index >= 15 is 0 Å². The molecule has 5 saturated heterocycles. The molecule has 5 fully saturated rings. The number of pyridine rings is 4. The molecule has 0 unspecified atom stereocenters. The number of methoxy groups -OCH3 is 2. The highest BCUT2D eigenvalue weighted by Crippen LogP contribution is 2.39. The van der Waals surface area contributed by atoms with Crippen LogP contribution in [0, 0.1) is 0 Å². The van der Waals surface area contributed by atoms with Crippen LogP contribution in [0.3, 0.4) is 0 Å². The van der Waals surface area contributed by atoms with Gasteiger partial charge in [-0.3, -0.25) is 29.0 Å². The number of piperazine rings is 2. The van der Waals surface area contributed by atoms with Crippen molar-refractivity contribution < 1.29 is 57.0 Å². The van der Waals surface area contributed by atoms with Crippen LogP contribution in [0.2, 0.25) is 0 Å². The van der Waals surface area contributed by atoms with Gasteiger partial charge in [-0.05, 0) is 218 Å². The zero-order valence-electron chi connectivity index (χ0n) is 77.3. The van der Waals surface area contributed by atoms with Gasteiger partial charge in [-0.2, -0.15) is 10.2 Å². The molecule has 694 valence electrons. The maximum absolute atomic E-state index is 13.6. The lowest BCUT2D eigenvalue weighted by atomic mass is 9.78. The van der Waals surface area contributed by atoms with E-state index in [4.69, 9.17) is 43.0 Å². The SMILES string of the molecule is C.CCc1nc2c(cnn2CC)c(NC2CCOCC2)c1CNC(=O)c1cccc(C(=O)NCc2ccc(OC)c(-c3cccc(CN4CCN[C@@H](C)C4)c3)c2)n1.CCc1nc2c(cnn2CC)c(NC2CCOCC2)c1CNC(=O)c1cccc(C(=O)NCc2ccc(OC)c(Br)c2)n1.C[C@H]1CN(Cc2cccc(B3OC(C)(C)C(C)(C)O3)c2)CCN1C(=O)OC(C)(C)C. The summed E-state index contributed by atoms with van der Waals surface area (Å²) in [5.41, 5.74) is 14.0. The molecule has 5 aliphatic heterocycles. The topological polar surface area (TPSA) is 331 Å². The first-order chi connectivity index (χ1) is 62.0. The van der Waals surface area contributed by atoms with Gasteiger partial charge in [0, 0.05) is 170 Å². The minimum absolute atomic E-state index is 0. The van der Waals surface area contributed by atoms with Gasteiger partial charge in [0.15, 0.2) is 11.3 Å². The summed E-state index contributed by atoms with van der Waals surface area (Å²) in [6, 6.07) is 39.3. The standard InChI is InChI=1S/C43H53N9O4.C31H36BrN7O4.C23H37BN2O4.CH4/c1-5-36-34(40(48-32-15-19-56-20-16-32)35-25-47-52(6-2)41(35)50-36)24-46-43(54)38-12-8-11-37(49-38)42(53)45-23-29-13-14-39(55-4)33(22-29)31-10-7-9-30(21-31)27-51-18-17-44-28(3)26-51;1-4-24-21(28(36-20-11-13-43-14-12-20)22-18-35-39(5-2)29(22)38-24)17-34-31(41)26-8-6-7-25(37-26)30(40)33-16-19-9-10-27(42-3)23(32)15-19;1-17-15-25(12-13-26(17)20(27)28-21(2,3)4)16-18-10-9-11-19(14-18)24-29-22(5,6)23(7,8)30-24;/h7-14,21-22,25,28,32,44H,5-6,15-20,23-24,26-27H2,1-4H3,(H,45,53)(H,46,54)(H,48,50);6-10,15,18,20H,4-5,11-14,16-17H2,1-3H3,(H,33,40)(H,34,41)(H,36,38);9-11,14,17H,12-13,15-16H2,1-8H3;1H4/t28-;;17-;/m0.0./s1. The van der Waals surface area contributed by atoms with Crippen molar-refractivity contribution in [3.8, 4) is 22.6 Å². The van der Waals surface area contributed by atoms with E-state index in [9.17, 15) is 24.0 Å². The van der Waals surface area contributed by atoms with Crippen LogP contribution in [0.25, 0.3) is 33.2 Å². The predicted octanol–water partition coefficient (Wildman–Crippen LogP) is 14.0. The number of aryl methyl sites for hydroxylation is 4. The van der Waals surface area contributed by atoms with E-state index in [-0.39, 0.29) is 116 Å². The zero-order valence-corrected chi connectivity index (χ0v) is 78.8. The first-order valence-electron chi connectivity index (χ1n) is 45.2. The molecule has 5 aliphatic rings. The van der Waals surface area contributed by atoms with Gasteiger partial charge in [-0.25, -0.2) is 34.1 Å². The molecule has 7 N–H and O–H groups in total. The van der Waals surface area contributed by atoms with E-state index in [2.05, 4.69) is 193 Å². The first kappa shape index (κ1) is 98.1. The van der Waals surface area contributed by atoms with Gasteiger partial charge < -0.3 is 75.1 Å². The number of fused-ring (bicyclic) bond motifs is 2. The number of carbonyl (C=O) groups is 5. The maximum atomic E-state index is 13.6. The molecule has 130 heavy (non-hydrogen) atoms. The Labute approximate surface area is 773 Å². The number of ether oxygens (including phenoxy) is 5. The molecular formula is C98H130BBrN18O12. The summed E-state index contributed by atoms with van der Waals surface area (Å²) < 4.78 is 44.7. The fraction of sp³-hybridized carbons (Fsp3) is 0.480. The number of hydrogen-bond donors (Lipinski definition) is 7. The van der Waals surface area contributed by atoms with Crippen LogP contribution in [0.5, 0.6) is 11.5 Å². The maximum Gasteiger partial charge on any atom is 0.494 e. The van der Waals surface area contributed by atoms with Crippen molar-refractivity contribution >= 4 is 91.7 Å². The molecule has 0 aliphatic carbocycles. The van der Waals surface area contributed by atoms with E-state index in [1.54, 1.807) is 50.6 Å². The minimum Gasteiger partial charge on any atom is -0.496 e. The molecule has 0 spiro atoms. The number of aromatic nitrogens is 8. The lowest BCUT2D eigenvalue weighted by molar-refractivity contribution is 0.000505. The van der Waals surface area contributed by atoms with Gasteiger partial charge in [-0.1, -0.05) is 88.0 Å². The van der Waals surface area contributed by atoms with E-state index in [0.29, 0.717) is 77.2 Å². The number of anilines is 2. The summed E-state index contributed by atoms with van der Waals surface area (Å²) in [6.45, 7) is 38.9. The highest BCUT2D eigenvalue weighted by molar-refractivity contribution is 9.10. The molecule has 11 heterocycles. The average Bonchev–Trinajstić information content (AvgIpc) is 1.69. The van der Waals surface area contributed by atoms with Crippen molar-refractivity contribution in [1.29, 1.82) is 0 Å². The third-order valence-corrected chi connectivity index (χ3v) is 25.0. The number of benzene rings is 4.